The third-order valence-corrected chi connectivity index (χ3v) is 6.21. The number of carbonyl (C=O) groups excluding carboxylic acids is 1. The van der Waals surface area contributed by atoms with Crippen molar-refractivity contribution in [3.05, 3.63) is 40.6 Å². The van der Waals surface area contributed by atoms with E-state index < -0.39 is 0 Å². The molecule has 0 unspecified atom stereocenters. The van der Waals surface area contributed by atoms with Gasteiger partial charge >= 0.3 is 0 Å². The van der Waals surface area contributed by atoms with E-state index in [-0.39, 0.29) is 28.6 Å². The molecule has 1 saturated heterocycles. The van der Waals surface area contributed by atoms with E-state index in [9.17, 15) is 9.59 Å². The minimum Gasteiger partial charge on any atom is -0.370 e. The van der Waals surface area contributed by atoms with Crippen LogP contribution < -0.4 is 10.9 Å². The summed E-state index contributed by atoms with van der Waals surface area (Å²) >= 11 is 1.41. The Hall–Kier alpha value is -2.58. The Morgan fingerprint density at radius 3 is 2.63 bits per heavy atom. The van der Waals surface area contributed by atoms with Gasteiger partial charge in [0.2, 0.25) is 5.91 Å². The van der Waals surface area contributed by atoms with E-state index in [0.29, 0.717) is 34.7 Å². The number of aromatic amines is 1. The molecule has 0 spiro atoms. The molecule has 1 aliphatic heterocycles. The summed E-state index contributed by atoms with van der Waals surface area (Å²) in [6.07, 6.45) is 3.08. The Morgan fingerprint density at radius 1 is 1.23 bits per heavy atom. The molecule has 1 aliphatic rings. The van der Waals surface area contributed by atoms with Crippen LogP contribution in [0.2, 0.25) is 0 Å². The number of rotatable bonds is 3. The van der Waals surface area contributed by atoms with Crippen LogP contribution in [0, 0.1) is 12.8 Å². The Labute approximate surface area is 178 Å². The zero-order chi connectivity index (χ0) is 21.7. The van der Waals surface area contributed by atoms with Crippen molar-refractivity contribution in [2.45, 2.75) is 58.7 Å². The summed E-state index contributed by atoms with van der Waals surface area (Å²) in [6, 6.07) is 5.51. The third-order valence-electron chi connectivity index (χ3n) is 5.24. The van der Waals surface area contributed by atoms with Crippen molar-refractivity contribution in [1.82, 2.24) is 15.0 Å². The Morgan fingerprint density at radius 2 is 1.93 bits per heavy atom. The average molecular weight is 427 g/mol. The first-order valence-electron chi connectivity index (χ1n) is 9.99. The van der Waals surface area contributed by atoms with Crippen LogP contribution in [0.15, 0.2) is 29.2 Å². The molecule has 0 saturated carbocycles. The predicted molar refractivity (Wildman–Crippen MR) is 119 cm³/mol. The van der Waals surface area contributed by atoms with Gasteiger partial charge in [0.1, 0.15) is 5.82 Å². The number of H-pyrrole nitrogens is 1. The normalized spacial score (nSPS) is 18.4. The third kappa shape index (κ3) is 4.29. The second-order valence-corrected chi connectivity index (χ2v) is 10.2. The van der Waals surface area contributed by atoms with Gasteiger partial charge in [-0.05, 0) is 65.2 Å². The number of aryl methyl sites for hydroxylation is 1. The molecule has 3 heterocycles. The summed E-state index contributed by atoms with van der Waals surface area (Å²) in [7, 11) is 0. The lowest BCUT2D eigenvalue weighted by molar-refractivity contribution is -0.176. The number of ether oxygens (including phenoxy) is 1. The summed E-state index contributed by atoms with van der Waals surface area (Å²) in [5.74, 6) is 0.419. The monoisotopic (exact) mass is 426 g/mol. The van der Waals surface area contributed by atoms with Gasteiger partial charge in [-0.2, -0.15) is 0 Å². The molecular formula is C22H26N4O3S. The van der Waals surface area contributed by atoms with Crippen molar-refractivity contribution in [3.63, 3.8) is 0 Å². The molecule has 8 heteroatoms. The fourth-order valence-corrected chi connectivity index (χ4v) is 5.17. The molecule has 1 amide bonds. The number of hydrogen-bond donors (Lipinski definition) is 2. The number of benzene rings is 1. The van der Waals surface area contributed by atoms with E-state index in [1.807, 2.05) is 39.8 Å². The first kappa shape index (κ1) is 20.7. The van der Waals surface area contributed by atoms with E-state index in [1.54, 1.807) is 19.2 Å². The molecule has 0 aliphatic carbocycles. The number of carbonyl (C=O) groups is 1. The molecule has 2 N–H and O–H groups in total. The van der Waals surface area contributed by atoms with Gasteiger partial charge < -0.3 is 15.0 Å². The van der Waals surface area contributed by atoms with Crippen LogP contribution in [0.3, 0.4) is 0 Å². The van der Waals surface area contributed by atoms with Crippen LogP contribution >= 0.6 is 11.3 Å². The molecule has 3 aromatic rings. The molecule has 0 radical (unpaired) electrons. The molecule has 4 rings (SSSR count). The van der Waals surface area contributed by atoms with Gasteiger partial charge in [-0.3, -0.25) is 9.59 Å². The highest BCUT2D eigenvalue weighted by Gasteiger charge is 2.42. The number of aromatic nitrogens is 3. The standard InChI is InChI=1S/C22H26N4O3S/c1-12-24-16-8-13(6-7-15(16)19(28)25-12)17-11-23-20(30-17)26-18(27)14-9-21(2,3)29-22(4,5)10-14/h6-8,11,14H,9-10H2,1-5H3,(H,23,26,27)(H,24,25,28). The summed E-state index contributed by atoms with van der Waals surface area (Å²) < 4.78 is 6.08. The Bertz CT molecular complexity index is 1160. The molecule has 2 aromatic heterocycles. The van der Waals surface area contributed by atoms with Crippen molar-refractivity contribution >= 4 is 33.3 Å². The van der Waals surface area contributed by atoms with Gasteiger partial charge in [-0.15, -0.1) is 0 Å². The topological polar surface area (TPSA) is 97.0 Å². The number of thiazole rings is 1. The Balaban J connectivity index is 1.54. The molecule has 0 bridgehead atoms. The molecule has 7 nitrogen and oxygen atoms in total. The minimum absolute atomic E-state index is 0.0253. The summed E-state index contributed by atoms with van der Waals surface area (Å²) in [6.45, 7) is 9.85. The van der Waals surface area contributed by atoms with Crippen LogP contribution in [0.1, 0.15) is 46.4 Å². The van der Waals surface area contributed by atoms with Crippen LogP contribution in [0.4, 0.5) is 5.13 Å². The van der Waals surface area contributed by atoms with Crippen molar-refractivity contribution in [2.24, 2.45) is 5.92 Å². The lowest BCUT2D eigenvalue weighted by atomic mass is 9.80. The largest absolute Gasteiger partial charge is 0.370 e. The van der Waals surface area contributed by atoms with Gasteiger partial charge in [-0.25, -0.2) is 9.97 Å². The lowest BCUT2D eigenvalue weighted by Crippen LogP contribution is -2.48. The predicted octanol–water partition coefficient (Wildman–Crippen LogP) is 4.28. The maximum absolute atomic E-state index is 12.9. The minimum atomic E-state index is -0.341. The molecule has 1 aromatic carbocycles. The highest BCUT2D eigenvalue weighted by molar-refractivity contribution is 7.19. The number of hydrogen-bond acceptors (Lipinski definition) is 6. The number of nitrogens with zero attached hydrogens (tertiary/aromatic N) is 2. The second-order valence-electron chi connectivity index (χ2n) is 9.13. The number of amides is 1. The summed E-state index contributed by atoms with van der Waals surface area (Å²) in [4.78, 5) is 37.3. The molecule has 0 atom stereocenters. The maximum atomic E-state index is 12.9. The fourth-order valence-electron chi connectivity index (χ4n) is 4.36. The Kier molecular flexibility index (Phi) is 5.02. The van der Waals surface area contributed by atoms with E-state index in [1.165, 1.54) is 11.3 Å². The van der Waals surface area contributed by atoms with Gasteiger partial charge in [0, 0.05) is 12.1 Å². The summed E-state index contributed by atoms with van der Waals surface area (Å²) in [5.41, 5.74) is 0.715. The van der Waals surface area contributed by atoms with Crippen molar-refractivity contribution in [1.29, 1.82) is 0 Å². The SMILES string of the molecule is Cc1nc2cc(-c3cnc(NC(=O)C4CC(C)(C)OC(C)(C)C4)s3)ccc2c(=O)[nH]1. The van der Waals surface area contributed by atoms with Gasteiger partial charge in [-0.1, -0.05) is 17.4 Å². The molecule has 30 heavy (non-hydrogen) atoms. The zero-order valence-electron chi connectivity index (χ0n) is 17.8. The number of fused-ring (bicyclic) bond motifs is 1. The average Bonchev–Trinajstić information content (AvgIpc) is 3.07. The van der Waals surface area contributed by atoms with Gasteiger partial charge in [0.25, 0.3) is 5.56 Å². The zero-order valence-corrected chi connectivity index (χ0v) is 18.6. The maximum Gasteiger partial charge on any atom is 0.258 e. The van der Waals surface area contributed by atoms with E-state index in [4.69, 9.17) is 4.74 Å². The quantitative estimate of drug-likeness (QED) is 0.652. The number of anilines is 1. The van der Waals surface area contributed by atoms with Gasteiger partial charge in [0.05, 0.1) is 27.0 Å². The number of nitrogens with one attached hydrogen (secondary N) is 2. The van der Waals surface area contributed by atoms with Crippen LogP contribution in [-0.4, -0.2) is 32.1 Å². The van der Waals surface area contributed by atoms with Gasteiger partial charge in [0.15, 0.2) is 5.13 Å². The van der Waals surface area contributed by atoms with Crippen LogP contribution in [0.25, 0.3) is 21.3 Å². The van der Waals surface area contributed by atoms with Crippen molar-refractivity contribution < 1.29 is 9.53 Å². The first-order valence-corrected chi connectivity index (χ1v) is 10.8. The molecule has 1 fully saturated rings. The highest BCUT2D eigenvalue weighted by Crippen LogP contribution is 2.39. The van der Waals surface area contributed by atoms with E-state index in [0.717, 1.165) is 10.4 Å². The smallest absolute Gasteiger partial charge is 0.258 e. The first-order chi connectivity index (χ1) is 14.0. The van der Waals surface area contributed by atoms with Crippen LogP contribution in [0.5, 0.6) is 0 Å². The lowest BCUT2D eigenvalue weighted by Gasteiger charge is -2.44. The van der Waals surface area contributed by atoms with Crippen molar-refractivity contribution in [2.75, 3.05) is 5.32 Å². The second kappa shape index (κ2) is 7.28. The van der Waals surface area contributed by atoms with Crippen LogP contribution in [-0.2, 0) is 9.53 Å². The summed E-state index contributed by atoms with van der Waals surface area (Å²) in [5, 5.41) is 4.09. The van der Waals surface area contributed by atoms with E-state index >= 15 is 0 Å². The molecular weight excluding hydrogens is 400 g/mol. The fraction of sp³-hybridized carbons (Fsp3) is 0.455. The van der Waals surface area contributed by atoms with Crippen molar-refractivity contribution in [3.8, 4) is 10.4 Å². The molecule has 158 valence electrons. The highest BCUT2D eigenvalue weighted by atomic mass is 32.1. The van der Waals surface area contributed by atoms with E-state index in [2.05, 4.69) is 20.3 Å².